The summed E-state index contributed by atoms with van der Waals surface area (Å²) in [6.07, 6.45) is 59.3. The smallest absolute Gasteiger partial charge is 0.169 e. The van der Waals surface area contributed by atoms with Gasteiger partial charge in [-0.1, -0.05) is 140 Å². The SMILES string of the molecule is CCCCCC=CCC=CCCCCCCCCC1(CCCCCCCCC=CCC=CCCCCC)O[C@H]2CC(N(C)CCc3cnc[nH]3)C[C@H]2O1. The molecule has 1 saturated heterocycles. The highest BCUT2D eigenvalue weighted by Crippen LogP contribution is 2.44. The number of aromatic nitrogens is 2. The second-order valence-corrected chi connectivity index (χ2v) is 16.3. The van der Waals surface area contributed by atoms with Crippen LogP contribution >= 0.6 is 0 Å². The van der Waals surface area contributed by atoms with Crippen LogP contribution in [0.4, 0.5) is 0 Å². The minimum Gasteiger partial charge on any atom is -0.348 e. The van der Waals surface area contributed by atoms with Crippen LogP contribution in [0.15, 0.2) is 61.1 Å². The summed E-state index contributed by atoms with van der Waals surface area (Å²) in [5.74, 6) is -0.348. The molecule has 0 spiro atoms. The maximum atomic E-state index is 6.96. The van der Waals surface area contributed by atoms with Crippen LogP contribution in [-0.2, 0) is 15.9 Å². The van der Waals surface area contributed by atoms with E-state index in [1.165, 1.54) is 147 Å². The number of hydrogen-bond donors (Lipinski definition) is 1. The van der Waals surface area contributed by atoms with Crippen molar-refractivity contribution >= 4 is 0 Å². The molecule has 1 aliphatic carbocycles. The molecule has 1 saturated carbocycles. The Balaban J connectivity index is 1.29. The van der Waals surface area contributed by atoms with Crippen LogP contribution < -0.4 is 0 Å². The molecular formula is C48H83N3O2. The van der Waals surface area contributed by atoms with Gasteiger partial charge < -0.3 is 19.4 Å². The van der Waals surface area contributed by atoms with Gasteiger partial charge in [-0.2, -0.15) is 0 Å². The van der Waals surface area contributed by atoms with Gasteiger partial charge in [-0.05, 0) is 96.9 Å². The highest BCUT2D eigenvalue weighted by atomic mass is 16.8. The number of allylic oxidation sites excluding steroid dienone is 8. The lowest BCUT2D eigenvalue weighted by molar-refractivity contribution is -0.193. The largest absolute Gasteiger partial charge is 0.348 e. The minimum absolute atomic E-state index is 0.254. The number of hydrogen-bond acceptors (Lipinski definition) is 4. The molecule has 0 aromatic carbocycles. The Bertz CT molecular complexity index is 1030. The van der Waals surface area contributed by atoms with E-state index < -0.39 is 0 Å². The molecule has 3 atom stereocenters. The van der Waals surface area contributed by atoms with Gasteiger partial charge in [0, 0.05) is 43.7 Å². The monoisotopic (exact) mass is 734 g/mol. The second-order valence-electron chi connectivity index (χ2n) is 16.3. The third-order valence-electron chi connectivity index (χ3n) is 11.6. The number of nitrogens with zero attached hydrogens (tertiary/aromatic N) is 2. The number of imidazole rings is 1. The summed E-state index contributed by atoms with van der Waals surface area (Å²) in [5, 5.41) is 0. The van der Waals surface area contributed by atoms with E-state index in [0.29, 0.717) is 6.04 Å². The Morgan fingerprint density at radius 2 is 1.06 bits per heavy atom. The van der Waals surface area contributed by atoms with Gasteiger partial charge in [0.25, 0.3) is 0 Å². The molecule has 53 heavy (non-hydrogen) atoms. The highest BCUT2D eigenvalue weighted by Gasteiger charge is 2.51. The van der Waals surface area contributed by atoms with Crippen LogP contribution in [0, 0.1) is 0 Å². The van der Waals surface area contributed by atoms with Crippen LogP contribution in [0.25, 0.3) is 0 Å². The average Bonchev–Trinajstić information content (AvgIpc) is 3.90. The number of unbranched alkanes of at least 4 members (excludes halogenated alkanes) is 18. The Labute approximate surface area is 327 Å². The molecular weight excluding hydrogens is 651 g/mol. The zero-order chi connectivity index (χ0) is 37.5. The third kappa shape index (κ3) is 21.1. The quantitative estimate of drug-likeness (QED) is 0.0566. The Hall–Kier alpha value is -1.95. The second kappa shape index (κ2) is 30.3. The van der Waals surface area contributed by atoms with E-state index >= 15 is 0 Å². The van der Waals surface area contributed by atoms with Crippen LogP contribution in [0.1, 0.15) is 199 Å². The number of fused-ring (bicyclic) bond motifs is 1. The van der Waals surface area contributed by atoms with E-state index in [1.807, 2.05) is 6.20 Å². The maximum absolute atomic E-state index is 6.96. The van der Waals surface area contributed by atoms with Gasteiger partial charge in [-0.25, -0.2) is 4.98 Å². The first-order valence-corrected chi connectivity index (χ1v) is 22.8. The summed E-state index contributed by atoms with van der Waals surface area (Å²) in [5.41, 5.74) is 1.21. The zero-order valence-electron chi connectivity index (χ0n) is 34.9. The van der Waals surface area contributed by atoms with Crippen molar-refractivity contribution in [1.29, 1.82) is 0 Å². The van der Waals surface area contributed by atoms with Crippen molar-refractivity contribution in [3.05, 3.63) is 66.8 Å². The van der Waals surface area contributed by atoms with Crippen molar-refractivity contribution < 1.29 is 9.47 Å². The van der Waals surface area contributed by atoms with Crippen molar-refractivity contribution in [2.75, 3.05) is 13.6 Å². The molecule has 5 nitrogen and oxygen atoms in total. The van der Waals surface area contributed by atoms with Gasteiger partial charge in [-0.15, -0.1) is 0 Å². The molecule has 1 aliphatic heterocycles. The normalized spacial score (nSPS) is 21.9. The van der Waals surface area contributed by atoms with Gasteiger partial charge >= 0.3 is 0 Å². The van der Waals surface area contributed by atoms with Gasteiger partial charge in [-0.3, -0.25) is 0 Å². The number of aromatic amines is 1. The molecule has 2 fully saturated rings. The van der Waals surface area contributed by atoms with Crippen molar-refractivity contribution in [2.24, 2.45) is 0 Å². The molecule has 3 rings (SSSR count). The lowest BCUT2D eigenvalue weighted by atomic mass is 9.98. The van der Waals surface area contributed by atoms with Crippen LogP contribution in [0.5, 0.6) is 0 Å². The number of ether oxygens (including phenoxy) is 2. The van der Waals surface area contributed by atoms with Crippen molar-refractivity contribution in [2.45, 2.75) is 224 Å². The molecule has 1 aromatic rings. The van der Waals surface area contributed by atoms with Gasteiger partial charge in [0.2, 0.25) is 0 Å². The van der Waals surface area contributed by atoms with Crippen LogP contribution in [0.3, 0.4) is 0 Å². The number of rotatable bonds is 34. The molecule has 2 aliphatic rings. The predicted molar refractivity (Wildman–Crippen MR) is 228 cm³/mol. The molecule has 0 amide bonds. The molecule has 302 valence electrons. The first kappa shape index (κ1) is 45.4. The summed E-state index contributed by atoms with van der Waals surface area (Å²) >= 11 is 0. The molecule has 1 aromatic heterocycles. The number of likely N-dealkylation sites (N-methyl/N-ethyl adjacent to an activating group) is 1. The predicted octanol–water partition coefficient (Wildman–Crippen LogP) is 13.9. The Kier molecular flexibility index (Phi) is 26.0. The van der Waals surface area contributed by atoms with Crippen molar-refractivity contribution in [1.82, 2.24) is 14.9 Å². The summed E-state index contributed by atoms with van der Waals surface area (Å²) in [4.78, 5) is 9.94. The van der Waals surface area contributed by atoms with E-state index in [2.05, 4.69) is 84.4 Å². The summed E-state index contributed by atoms with van der Waals surface area (Å²) in [7, 11) is 2.27. The Morgan fingerprint density at radius 1 is 0.623 bits per heavy atom. The van der Waals surface area contributed by atoms with Gasteiger partial charge in [0.15, 0.2) is 5.79 Å². The number of nitrogens with one attached hydrogen (secondary N) is 1. The fourth-order valence-electron chi connectivity index (χ4n) is 8.15. The van der Waals surface area contributed by atoms with Crippen molar-refractivity contribution in [3.8, 4) is 0 Å². The Morgan fingerprint density at radius 3 is 1.49 bits per heavy atom. The standard InChI is InChI=1S/C48H83N3O2/c1-4-6-8-10-12-14-16-18-20-22-24-26-28-30-32-34-37-48(38-35-33-31-29-27-25-23-21-19-17-15-13-11-9-7-5-2)52-46-40-45(41-47(46)53-48)51(3)39-36-44-42-49-43-50-44/h12-15,18-21,42-43,45-47H,4-11,16-17,22-41H2,1-3H3,(H,49,50)/t45?,46-,47+,48?. The topological polar surface area (TPSA) is 50.4 Å². The molecule has 0 radical (unpaired) electrons. The van der Waals surface area contributed by atoms with Crippen molar-refractivity contribution in [3.63, 3.8) is 0 Å². The fraction of sp³-hybridized carbons (Fsp3) is 0.771. The molecule has 5 heteroatoms. The highest BCUT2D eigenvalue weighted by molar-refractivity contribution is 4.99. The summed E-state index contributed by atoms with van der Waals surface area (Å²) in [6.45, 7) is 5.58. The maximum Gasteiger partial charge on any atom is 0.169 e. The molecule has 1 N–H and O–H groups in total. The summed E-state index contributed by atoms with van der Waals surface area (Å²) in [6, 6.07) is 0.537. The minimum atomic E-state index is -0.348. The molecule has 1 unspecified atom stereocenters. The van der Waals surface area contributed by atoms with Gasteiger partial charge in [0.1, 0.15) is 0 Å². The third-order valence-corrected chi connectivity index (χ3v) is 11.6. The first-order chi connectivity index (χ1) is 26.2. The van der Waals surface area contributed by atoms with E-state index in [0.717, 1.165) is 51.5 Å². The molecule has 0 bridgehead atoms. The molecule has 2 heterocycles. The first-order valence-electron chi connectivity index (χ1n) is 22.8. The van der Waals surface area contributed by atoms with Crippen LogP contribution in [-0.4, -0.2) is 52.5 Å². The fourth-order valence-corrected chi connectivity index (χ4v) is 8.15. The average molecular weight is 734 g/mol. The van der Waals surface area contributed by atoms with Crippen LogP contribution in [0.2, 0.25) is 0 Å². The summed E-state index contributed by atoms with van der Waals surface area (Å²) < 4.78 is 13.9. The lowest BCUT2D eigenvalue weighted by Gasteiger charge is -2.32. The zero-order valence-corrected chi connectivity index (χ0v) is 34.9. The number of H-pyrrole nitrogens is 1. The van der Waals surface area contributed by atoms with E-state index in [-0.39, 0.29) is 18.0 Å². The van der Waals surface area contributed by atoms with E-state index in [1.54, 1.807) is 6.33 Å². The van der Waals surface area contributed by atoms with E-state index in [4.69, 9.17) is 9.47 Å². The van der Waals surface area contributed by atoms with Gasteiger partial charge in [0.05, 0.1) is 18.5 Å². The van der Waals surface area contributed by atoms with E-state index in [9.17, 15) is 0 Å². The lowest BCUT2D eigenvalue weighted by Crippen LogP contribution is -2.36.